The van der Waals surface area contributed by atoms with Gasteiger partial charge >= 0.3 is 0 Å². The first-order valence-electron chi connectivity index (χ1n) is 9.29. The molecule has 0 radical (unpaired) electrons. The standard InChI is InChI=1S/C21H26N8/c1-28(2)18-12-10-17(11-13-18)15-23-27-20-24-19(25-21(26-20)29(3)4)22-14-16-8-6-5-7-9-16/h5-13,15H,14H2,1-4H3,(H2,22,24,25,26,27). The van der Waals surface area contributed by atoms with Crippen molar-refractivity contribution in [2.75, 3.05) is 48.7 Å². The minimum atomic E-state index is 0.375. The van der Waals surface area contributed by atoms with Gasteiger partial charge in [0.25, 0.3) is 0 Å². The zero-order valence-electron chi connectivity index (χ0n) is 17.2. The lowest BCUT2D eigenvalue weighted by Crippen LogP contribution is -2.16. The van der Waals surface area contributed by atoms with Crippen LogP contribution in [0.25, 0.3) is 0 Å². The van der Waals surface area contributed by atoms with Crippen LogP contribution in [0.4, 0.5) is 23.5 Å². The number of anilines is 4. The summed E-state index contributed by atoms with van der Waals surface area (Å²) in [5.41, 5.74) is 6.16. The van der Waals surface area contributed by atoms with Crippen LogP contribution in [0.1, 0.15) is 11.1 Å². The average Bonchev–Trinajstić information content (AvgIpc) is 2.73. The topological polar surface area (TPSA) is 81.6 Å². The van der Waals surface area contributed by atoms with Crippen molar-refractivity contribution in [3.8, 4) is 0 Å². The highest BCUT2D eigenvalue weighted by atomic mass is 15.4. The second-order valence-corrected chi connectivity index (χ2v) is 6.87. The summed E-state index contributed by atoms with van der Waals surface area (Å²) in [6.45, 7) is 0.624. The molecule has 0 aliphatic carbocycles. The number of nitrogens with zero attached hydrogens (tertiary/aromatic N) is 6. The molecule has 0 aliphatic heterocycles. The highest BCUT2D eigenvalue weighted by Gasteiger charge is 2.07. The molecule has 8 heteroatoms. The van der Waals surface area contributed by atoms with E-state index >= 15 is 0 Å². The molecule has 0 aliphatic rings. The maximum atomic E-state index is 4.44. The molecule has 2 N–H and O–H groups in total. The molecule has 0 fully saturated rings. The van der Waals surface area contributed by atoms with Crippen molar-refractivity contribution in [3.05, 3.63) is 65.7 Å². The largest absolute Gasteiger partial charge is 0.378 e. The second-order valence-electron chi connectivity index (χ2n) is 6.87. The van der Waals surface area contributed by atoms with Gasteiger partial charge in [0.1, 0.15) is 0 Å². The fourth-order valence-corrected chi connectivity index (χ4v) is 2.49. The van der Waals surface area contributed by atoms with E-state index in [9.17, 15) is 0 Å². The maximum Gasteiger partial charge on any atom is 0.250 e. The van der Waals surface area contributed by atoms with Crippen molar-refractivity contribution in [1.29, 1.82) is 0 Å². The Morgan fingerprint density at radius 1 is 0.828 bits per heavy atom. The van der Waals surface area contributed by atoms with Gasteiger partial charge in [0, 0.05) is 40.4 Å². The zero-order valence-corrected chi connectivity index (χ0v) is 17.2. The summed E-state index contributed by atoms with van der Waals surface area (Å²) in [7, 11) is 7.79. The number of rotatable bonds is 8. The van der Waals surface area contributed by atoms with E-state index in [0.29, 0.717) is 24.4 Å². The number of hydrazone groups is 1. The van der Waals surface area contributed by atoms with E-state index in [0.717, 1.165) is 16.8 Å². The predicted octanol–water partition coefficient (Wildman–Crippen LogP) is 3.06. The summed E-state index contributed by atoms with van der Waals surface area (Å²) < 4.78 is 0. The van der Waals surface area contributed by atoms with E-state index in [1.165, 1.54) is 0 Å². The molecule has 29 heavy (non-hydrogen) atoms. The van der Waals surface area contributed by atoms with Crippen LogP contribution in [-0.4, -0.2) is 49.4 Å². The van der Waals surface area contributed by atoms with Gasteiger partial charge in [-0.2, -0.15) is 20.1 Å². The SMILES string of the molecule is CN(C)c1ccc(C=NNc2nc(NCc3ccccc3)nc(N(C)C)n2)cc1. The average molecular weight is 390 g/mol. The first-order chi connectivity index (χ1) is 14.0. The van der Waals surface area contributed by atoms with Crippen LogP contribution in [0.3, 0.4) is 0 Å². The fraction of sp³-hybridized carbons (Fsp3) is 0.238. The predicted molar refractivity (Wildman–Crippen MR) is 120 cm³/mol. The van der Waals surface area contributed by atoms with Crippen molar-refractivity contribution in [1.82, 2.24) is 15.0 Å². The van der Waals surface area contributed by atoms with Gasteiger partial charge < -0.3 is 15.1 Å². The van der Waals surface area contributed by atoms with E-state index in [4.69, 9.17) is 0 Å². The van der Waals surface area contributed by atoms with Crippen LogP contribution in [0.5, 0.6) is 0 Å². The summed E-state index contributed by atoms with van der Waals surface area (Å²) in [6, 6.07) is 18.2. The van der Waals surface area contributed by atoms with E-state index in [2.05, 4.69) is 35.7 Å². The summed E-state index contributed by atoms with van der Waals surface area (Å²) >= 11 is 0. The Morgan fingerprint density at radius 2 is 1.52 bits per heavy atom. The lowest BCUT2D eigenvalue weighted by Gasteiger charge is -2.13. The third-order valence-corrected chi connectivity index (χ3v) is 4.10. The van der Waals surface area contributed by atoms with Crippen LogP contribution in [0.15, 0.2) is 59.7 Å². The van der Waals surface area contributed by atoms with E-state index in [1.807, 2.05) is 87.7 Å². The lowest BCUT2D eigenvalue weighted by atomic mass is 10.2. The summed E-state index contributed by atoms with van der Waals surface area (Å²) in [5.74, 6) is 1.41. The van der Waals surface area contributed by atoms with Gasteiger partial charge in [-0.25, -0.2) is 5.43 Å². The Balaban J connectivity index is 1.69. The third-order valence-electron chi connectivity index (χ3n) is 4.10. The number of hydrogen-bond donors (Lipinski definition) is 2. The zero-order chi connectivity index (χ0) is 20.6. The third kappa shape index (κ3) is 5.90. The molecule has 2 aromatic carbocycles. The van der Waals surface area contributed by atoms with Gasteiger partial charge in [-0.3, -0.25) is 0 Å². The van der Waals surface area contributed by atoms with Gasteiger partial charge in [-0.1, -0.05) is 42.5 Å². The molecule has 0 atom stereocenters. The lowest BCUT2D eigenvalue weighted by molar-refractivity contribution is 0.940. The van der Waals surface area contributed by atoms with Crippen molar-refractivity contribution in [3.63, 3.8) is 0 Å². The normalized spacial score (nSPS) is 10.8. The molecule has 0 unspecified atom stereocenters. The molecular weight excluding hydrogens is 364 g/mol. The smallest absolute Gasteiger partial charge is 0.250 e. The quantitative estimate of drug-likeness (QED) is 0.452. The molecule has 150 valence electrons. The van der Waals surface area contributed by atoms with Gasteiger partial charge in [-0.05, 0) is 23.3 Å². The summed E-state index contributed by atoms with van der Waals surface area (Å²) in [4.78, 5) is 17.1. The Bertz CT molecular complexity index is 937. The number of nitrogens with one attached hydrogen (secondary N) is 2. The van der Waals surface area contributed by atoms with E-state index in [1.54, 1.807) is 6.21 Å². The molecular formula is C21H26N8. The molecule has 0 saturated heterocycles. The number of hydrogen-bond acceptors (Lipinski definition) is 8. The number of benzene rings is 2. The van der Waals surface area contributed by atoms with Crippen LogP contribution in [0.2, 0.25) is 0 Å². The fourth-order valence-electron chi connectivity index (χ4n) is 2.49. The van der Waals surface area contributed by atoms with Crippen LogP contribution in [0, 0.1) is 0 Å². The van der Waals surface area contributed by atoms with Crippen LogP contribution >= 0.6 is 0 Å². The van der Waals surface area contributed by atoms with Crippen LogP contribution in [-0.2, 0) is 6.54 Å². The Morgan fingerprint density at radius 3 is 2.17 bits per heavy atom. The Hall–Kier alpha value is -3.68. The first kappa shape index (κ1) is 20.1. The monoisotopic (exact) mass is 390 g/mol. The van der Waals surface area contributed by atoms with Crippen molar-refractivity contribution in [2.24, 2.45) is 5.10 Å². The summed E-state index contributed by atoms with van der Waals surface area (Å²) in [5, 5.41) is 7.49. The Labute approximate surface area is 171 Å². The second kappa shape index (κ2) is 9.50. The molecule has 0 amide bonds. The molecule has 8 nitrogen and oxygen atoms in total. The maximum absolute atomic E-state index is 4.44. The van der Waals surface area contributed by atoms with Crippen molar-refractivity contribution < 1.29 is 0 Å². The van der Waals surface area contributed by atoms with Crippen molar-refractivity contribution in [2.45, 2.75) is 6.54 Å². The van der Waals surface area contributed by atoms with Gasteiger partial charge in [-0.15, -0.1) is 0 Å². The molecule has 3 aromatic rings. The molecule has 0 spiro atoms. The molecule has 0 bridgehead atoms. The minimum absolute atomic E-state index is 0.375. The van der Waals surface area contributed by atoms with Gasteiger partial charge in [0.05, 0.1) is 6.21 Å². The van der Waals surface area contributed by atoms with E-state index < -0.39 is 0 Å². The van der Waals surface area contributed by atoms with Gasteiger partial charge in [0.15, 0.2) is 0 Å². The molecule has 1 aromatic heterocycles. The van der Waals surface area contributed by atoms with E-state index in [-0.39, 0.29) is 0 Å². The highest BCUT2D eigenvalue weighted by Crippen LogP contribution is 2.13. The molecule has 0 saturated carbocycles. The van der Waals surface area contributed by atoms with Crippen LogP contribution < -0.4 is 20.5 Å². The highest BCUT2D eigenvalue weighted by molar-refractivity contribution is 5.80. The molecule has 3 rings (SSSR count). The first-order valence-corrected chi connectivity index (χ1v) is 9.29. The molecule has 1 heterocycles. The number of aromatic nitrogens is 3. The minimum Gasteiger partial charge on any atom is -0.378 e. The summed E-state index contributed by atoms with van der Waals surface area (Å²) in [6.07, 6.45) is 1.73. The Kier molecular flexibility index (Phi) is 6.57. The van der Waals surface area contributed by atoms with Gasteiger partial charge in [0.2, 0.25) is 17.8 Å². The van der Waals surface area contributed by atoms with Crippen molar-refractivity contribution >= 4 is 29.7 Å².